The second-order valence-electron chi connectivity index (χ2n) is 9.86. The van der Waals surface area contributed by atoms with Crippen LogP contribution < -0.4 is 9.80 Å². The maximum atomic E-state index is 13.2. The summed E-state index contributed by atoms with van der Waals surface area (Å²) in [6.07, 6.45) is 3.63. The summed E-state index contributed by atoms with van der Waals surface area (Å²) in [6.45, 7) is 11.1. The quantitative estimate of drug-likeness (QED) is 0.606. The lowest BCUT2D eigenvalue weighted by molar-refractivity contribution is -0.133. The van der Waals surface area contributed by atoms with Gasteiger partial charge in [-0.05, 0) is 37.0 Å². The van der Waals surface area contributed by atoms with E-state index in [2.05, 4.69) is 56.1 Å². The second kappa shape index (κ2) is 11.4. The Morgan fingerprint density at radius 1 is 0.914 bits per heavy atom. The second-order valence-corrected chi connectivity index (χ2v) is 9.86. The highest BCUT2D eigenvalue weighted by Crippen LogP contribution is 2.24. The summed E-state index contributed by atoms with van der Waals surface area (Å²) < 4.78 is 5.79. The third kappa shape index (κ3) is 5.76. The Morgan fingerprint density at radius 3 is 2.09 bits per heavy atom. The number of carbonyl (C=O) groups is 1. The molecule has 3 aliphatic rings. The number of hydrogen-bond acceptors (Lipinski definition) is 7. The zero-order valence-electron chi connectivity index (χ0n) is 20.9. The highest BCUT2D eigenvalue weighted by atomic mass is 16.5. The van der Waals surface area contributed by atoms with Crippen LogP contribution in [0.15, 0.2) is 42.5 Å². The van der Waals surface area contributed by atoms with E-state index in [1.165, 1.54) is 12.8 Å². The van der Waals surface area contributed by atoms with Gasteiger partial charge in [0.15, 0.2) is 11.6 Å². The molecule has 0 bridgehead atoms. The van der Waals surface area contributed by atoms with E-state index in [1.807, 2.05) is 23.1 Å². The monoisotopic (exact) mass is 478 g/mol. The fraction of sp³-hybridized carbons (Fsp3) is 0.593. The number of benzene rings is 1. The van der Waals surface area contributed by atoms with Gasteiger partial charge in [-0.15, -0.1) is 10.2 Å². The molecule has 0 radical (unpaired) electrons. The van der Waals surface area contributed by atoms with E-state index >= 15 is 0 Å². The van der Waals surface area contributed by atoms with Crippen LogP contribution in [0.4, 0.5) is 11.6 Å². The maximum Gasteiger partial charge on any atom is 0.230 e. The van der Waals surface area contributed by atoms with Crippen LogP contribution in [0.3, 0.4) is 0 Å². The zero-order valence-corrected chi connectivity index (χ0v) is 20.9. The van der Waals surface area contributed by atoms with Crippen molar-refractivity contribution in [2.45, 2.75) is 38.2 Å². The van der Waals surface area contributed by atoms with Crippen LogP contribution in [-0.2, 0) is 9.53 Å². The molecule has 3 fully saturated rings. The molecule has 1 aromatic carbocycles. The number of nitrogens with zero attached hydrogens (tertiary/aromatic N) is 6. The number of rotatable bonds is 7. The summed E-state index contributed by atoms with van der Waals surface area (Å²) in [6, 6.07) is 14.3. The molecule has 8 heteroatoms. The van der Waals surface area contributed by atoms with Gasteiger partial charge in [-0.3, -0.25) is 9.69 Å². The first-order valence-corrected chi connectivity index (χ1v) is 13.2. The van der Waals surface area contributed by atoms with Gasteiger partial charge in [-0.2, -0.15) is 0 Å². The first kappa shape index (κ1) is 24.0. The number of carbonyl (C=O) groups excluding carboxylic acids is 1. The van der Waals surface area contributed by atoms with Gasteiger partial charge in [0.05, 0.1) is 12.0 Å². The van der Waals surface area contributed by atoms with Crippen molar-refractivity contribution in [1.29, 1.82) is 0 Å². The molecule has 0 aliphatic carbocycles. The Balaban J connectivity index is 1.10. The van der Waals surface area contributed by atoms with Gasteiger partial charge in [0.1, 0.15) is 0 Å². The smallest absolute Gasteiger partial charge is 0.230 e. The average Bonchev–Trinajstić information content (AvgIpc) is 3.43. The largest absolute Gasteiger partial charge is 0.377 e. The van der Waals surface area contributed by atoms with Gasteiger partial charge >= 0.3 is 0 Å². The van der Waals surface area contributed by atoms with Crippen LogP contribution in [0.25, 0.3) is 0 Å². The van der Waals surface area contributed by atoms with E-state index in [-0.39, 0.29) is 11.8 Å². The predicted octanol–water partition coefficient (Wildman–Crippen LogP) is 2.62. The molecule has 4 heterocycles. The van der Waals surface area contributed by atoms with Crippen LogP contribution in [0.1, 0.15) is 37.7 Å². The van der Waals surface area contributed by atoms with Crippen LogP contribution in [0, 0.1) is 0 Å². The Labute approximate surface area is 208 Å². The summed E-state index contributed by atoms with van der Waals surface area (Å²) in [5.41, 5.74) is 1.11. The van der Waals surface area contributed by atoms with Crippen molar-refractivity contribution >= 4 is 17.5 Å². The predicted molar refractivity (Wildman–Crippen MR) is 138 cm³/mol. The number of piperazine rings is 2. The van der Waals surface area contributed by atoms with Crippen LogP contribution in [0.5, 0.6) is 0 Å². The molecule has 5 rings (SSSR count). The van der Waals surface area contributed by atoms with Gasteiger partial charge in [0.25, 0.3) is 0 Å². The molecule has 35 heavy (non-hydrogen) atoms. The van der Waals surface area contributed by atoms with Crippen molar-refractivity contribution < 1.29 is 9.53 Å². The number of amides is 1. The lowest BCUT2D eigenvalue weighted by atomic mass is 9.95. The molecule has 0 N–H and O–H groups in total. The summed E-state index contributed by atoms with van der Waals surface area (Å²) in [4.78, 5) is 22.3. The summed E-state index contributed by atoms with van der Waals surface area (Å²) in [7, 11) is 0. The number of hydrogen-bond donors (Lipinski definition) is 0. The molecule has 2 aromatic rings. The van der Waals surface area contributed by atoms with Crippen molar-refractivity contribution in [3.63, 3.8) is 0 Å². The molecule has 0 spiro atoms. The van der Waals surface area contributed by atoms with E-state index in [4.69, 9.17) is 4.74 Å². The van der Waals surface area contributed by atoms with Crippen molar-refractivity contribution in [3.8, 4) is 0 Å². The molecule has 3 aliphatic heterocycles. The van der Waals surface area contributed by atoms with Crippen LogP contribution >= 0.6 is 0 Å². The van der Waals surface area contributed by atoms with Gasteiger partial charge in [0.2, 0.25) is 5.91 Å². The maximum absolute atomic E-state index is 13.2. The Hall–Kier alpha value is -2.71. The highest BCUT2D eigenvalue weighted by Gasteiger charge is 2.28. The molecular weight excluding hydrogens is 440 g/mol. The first-order chi connectivity index (χ1) is 17.2. The van der Waals surface area contributed by atoms with Crippen molar-refractivity contribution in [1.82, 2.24) is 20.0 Å². The molecule has 8 nitrogen and oxygen atoms in total. The lowest BCUT2D eigenvalue weighted by Crippen LogP contribution is -2.50. The SMILES string of the molecule is CCC(C(=O)N1CCN(c2ccc(N3CCN(CC4CCCO4)CC3)nn2)CC1)c1ccccc1. The van der Waals surface area contributed by atoms with E-state index in [0.29, 0.717) is 6.10 Å². The zero-order chi connectivity index (χ0) is 24.0. The minimum Gasteiger partial charge on any atom is -0.377 e. The molecular formula is C27H38N6O2. The van der Waals surface area contributed by atoms with Crippen molar-refractivity contribution in [2.75, 3.05) is 75.3 Å². The standard InChI is InChI=1S/C27H38N6O2/c1-2-24(22-7-4-3-5-8-22)27(34)33-18-16-32(17-19-33)26-11-10-25(28-29-26)31-14-12-30(13-15-31)21-23-9-6-20-35-23/h3-5,7-8,10-11,23-24H,2,6,9,12-21H2,1H3. The number of aromatic nitrogens is 2. The van der Waals surface area contributed by atoms with Crippen molar-refractivity contribution in [3.05, 3.63) is 48.0 Å². The van der Waals surface area contributed by atoms with Crippen molar-refractivity contribution in [2.24, 2.45) is 0 Å². The summed E-state index contributed by atoms with van der Waals surface area (Å²) in [5, 5.41) is 9.10. The molecule has 1 aromatic heterocycles. The fourth-order valence-electron chi connectivity index (χ4n) is 5.51. The number of ether oxygens (including phenoxy) is 1. The Kier molecular flexibility index (Phi) is 7.79. The Morgan fingerprint density at radius 2 is 1.54 bits per heavy atom. The Bertz CT molecular complexity index is 934. The lowest BCUT2D eigenvalue weighted by Gasteiger charge is -2.37. The fourth-order valence-corrected chi connectivity index (χ4v) is 5.51. The average molecular weight is 479 g/mol. The summed E-state index contributed by atoms with van der Waals surface area (Å²) >= 11 is 0. The molecule has 2 unspecified atom stereocenters. The highest BCUT2D eigenvalue weighted by molar-refractivity contribution is 5.84. The molecule has 1 amide bonds. The molecule has 2 atom stereocenters. The van der Waals surface area contributed by atoms with Gasteiger partial charge in [-0.25, -0.2) is 0 Å². The molecule has 188 valence electrons. The topological polar surface area (TPSA) is 65.0 Å². The molecule has 3 saturated heterocycles. The van der Waals surface area contributed by atoms with Crippen LogP contribution in [0.2, 0.25) is 0 Å². The minimum absolute atomic E-state index is 0.0621. The van der Waals surface area contributed by atoms with E-state index in [9.17, 15) is 4.79 Å². The minimum atomic E-state index is -0.0621. The van der Waals surface area contributed by atoms with E-state index in [1.54, 1.807) is 0 Å². The van der Waals surface area contributed by atoms with Gasteiger partial charge in [-0.1, -0.05) is 37.3 Å². The van der Waals surface area contributed by atoms with E-state index < -0.39 is 0 Å². The summed E-state index contributed by atoms with van der Waals surface area (Å²) in [5.74, 6) is 2.02. The normalized spacial score (nSPS) is 22.4. The van der Waals surface area contributed by atoms with Gasteiger partial charge < -0.3 is 19.4 Å². The third-order valence-corrected chi connectivity index (χ3v) is 7.64. The third-order valence-electron chi connectivity index (χ3n) is 7.64. The van der Waals surface area contributed by atoms with Crippen LogP contribution in [-0.4, -0.2) is 97.5 Å². The number of anilines is 2. The first-order valence-electron chi connectivity index (χ1n) is 13.2. The van der Waals surface area contributed by atoms with E-state index in [0.717, 1.165) is 89.1 Å². The van der Waals surface area contributed by atoms with Gasteiger partial charge in [0, 0.05) is 65.5 Å². The molecule has 0 saturated carbocycles.